The zero-order valence-electron chi connectivity index (χ0n) is 62.0. The predicted octanol–water partition coefficient (Wildman–Crippen LogP) is 27.2. The largest absolute Gasteiger partial charge is 0.497 e. The van der Waals surface area contributed by atoms with Crippen LogP contribution in [0.2, 0.25) is 0 Å². The van der Waals surface area contributed by atoms with Crippen LogP contribution in [-0.4, -0.2) is 47.2 Å². The van der Waals surface area contributed by atoms with E-state index in [2.05, 4.69) is 125 Å². The first-order valence-corrected chi connectivity index (χ1v) is 41.7. The van der Waals surface area contributed by atoms with Crippen LogP contribution in [0.25, 0.3) is 382 Å². The third-order valence-corrected chi connectivity index (χ3v) is 34.8. The molecule has 42 rings (SSSR count). The van der Waals surface area contributed by atoms with Gasteiger partial charge in [-0.3, -0.25) is 4.79 Å². The maximum absolute atomic E-state index is 17.9. The maximum Gasteiger partial charge on any atom is 0.230 e. The molecule has 3 N–H and O–H groups in total. The maximum atomic E-state index is 17.9. The van der Waals surface area contributed by atoms with Crippen molar-refractivity contribution in [3.63, 3.8) is 0 Å². The molecule has 0 radical (unpaired) electrons. The minimum Gasteiger partial charge on any atom is -0.497 e. The summed E-state index contributed by atoms with van der Waals surface area (Å²) in [5, 5.41) is 88.0. The third-order valence-electron chi connectivity index (χ3n) is 34.8. The molecule has 8 bridgehead atoms. The molecule has 3 aromatic heterocycles. The van der Waals surface area contributed by atoms with E-state index in [1.807, 2.05) is 36.4 Å². The summed E-state index contributed by atoms with van der Waals surface area (Å²) < 4.78 is 17.2. The monoisotopic (exact) mass is 1480 g/mol. The number of aromatic nitrogens is 4. The zero-order chi connectivity index (χ0) is 73.8. The van der Waals surface area contributed by atoms with E-state index in [1.54, 1.807) is 226 Å². The number of hydrogen-bond donors (Lipinski definition) is 3. The van der Waals surface area contributed by atoms with E-state index in [0.29, 0.717) is 0 Å². The zero-order valence-corrected chi connectivity index (χ0v) is 62.0. The number of aromatic amines is 2. The fourth-order valence-electron chi connectivity index (χ4n) is 32.4. The number of anilines is 1. The predicted molar refractivity (Wildman–Crippen MR) is 486 cm³/mol. The Morgan fingerprint density at radius 2 is 0.432 bits per heavy atom. The molecule has 7 aliphatic rings. The highest BCUT2D eigenvalue weighted by molar-refractivity contribution is 6.82. The second kappa shape index (κ2) is 14.3. The summed E-state index contributed by atoms with van der Waals surface area (Å²) in [6.07, 6.45) is 8.60. The average Bonchev–Trinajstić information content (AvgIpc) is 1.36. The van der Waals surface area contributed by atoms with Gasteiger partial charge in [0.15, 0.2) is 0 Å². The Morgan fingerprint density at radius 3 is 0.619 bits per heavy atom. The number of benzene rings is 22. The minimum atomic E-state index is -0.657. The number of hydrogen-bond acceptors (Lipinski definition) is 6. The molecule has 9 nitrogen and oxygen atoms in total. The quantitative estimate of drug-likeness (QED) is 0.124. The topological polar surface area (TPSA) is 114 Å². The Hall–Kier alpha value is -15.2. The van der Waals surface area contributed by atoms with Crippen molar-refractivity contribution in [1.82, 2.24) is 19.9 Å². The van der Waals surface area contributed by atoms with Gasteiger partial charge in [0, 0.05) is 50.0 Å². The Kier molecular flexibility index (Phi) is 6.34. The Labute approximate surface area is 654 Å². The van der Waals surface area contributed by atoms with Gasteiger partial charge >= 0.3 is 0 Å². The summed E-state index contributed by atoms with van der Waals surface area (Å²) in [5.41, 5.74) is 20.0. The second-order valence-electron chi connectivity index (χ2n) is 37.6. The smallest absolute Gasteiger partial charge is 0.230 e. The molecule has 0 unspecified atom stereocenters. The van der Waals surface area contributed by atoms with Crippen LogP contribution in [0.3, 0.4) is 0 Å². The van der Waals surface area contributed by atoms with Crippen LogP contribution in [0.15, 0.2) is 121 Å². The Balaban J connectivity index is 0.595. The molecule has 2 spiro atoms. The molecule has 5 heterocycles. The number of nitrogens with one attached hydrogen (secondary N) is 3. The third kappa shape index (κ3) is 3.93. The summed E-state index contributed by atoms with van der Waals surface area (Å²) in [4.78, 5) is 37.2. The lowest BCUT2D eigenvalue weighted by atomic mass is 9.68. The van der Waals surface area contributed by atoms with Crippen LogP contribution < -0.4 is 19.5 Å². The van der Waals surface area contributed by atoms with Crippen LogP contribution in [0.5, 0.6) is 17.2 Å². The van der Waals surface area contributed by atoms with E-state index < -0.39 is 16.7 Å². The lowest BCUT2D eigenvalue weighted by molar-refractivity contribution is -0.117. The number of nitrogens with zero attached hydrogens (tertiary/aromatic N) is 2. The summed E-state index contributed by atoms with van der Waals surface area (Å²) in [7, 11) is 5.12. The number of H-pyrrole nitrogens is 2. The van der Waals surface area contributed by atoms with Crippen LogP contribution in [0, 0.1) is 5.92 Å². The van der Waals surface area contributed by atoms with Crippen molar-refractivity contribution in [2.75, 3.05) is 26.6 Å². The number of fused-ring (bicyclic) bond motifs is 8. The van der Waals surface area contributed by atoms with Gasteiger partial charge in [-0.15, -0.1) is 0 Å². The normalized spacial score (nSPS) is 18.8. The average molecular weight is 1480 g/mol. The summed E-state index contributed by atoms with van der Waals surface area (Å²) in [5.74, 6) is 2.02. The van der Waals surface area contributed by atoms with Gasteiger partial charge in [-0.2, -0.15) is 0 Å². The number of methoxy groups -OCH3 is 3. The van der Waals surface area contributed by atoms with Crippen molar-refractivity contribution in [3.05, 3.63) is 166 Å². The van der Waals surface area contributed by atoms with Gasteiger partial charge < -0.3 is 29.5 Å². The summed E-state index contributed by atoms with van der Waals surface area (Å²) in [6, 6.07) is 42.3. The van der Waals surface area contributed by atoms with Crippen molar-refractivity contribution in [3.8, 4) is 61.8 Å². The molecule has 35 aromatic rings. The fourth-order valence-corrected chi connectivity index (χ4v) is 32.4. The van der Waals surface area contributed by atoms with E-state index in [9.17, 15) is 0 Å². The molecular formula is C109H37N5O4. The molecule has 9 heteroatoms. The van der Waals surface area contributed by atoms with Gasteiger partial charge in [0.05, 0.1) is 60.9 Å². The van der Waals surface area contributed by atoms with Gasteiger partial charge in [-0.25, -0.2) is 9.97 Å². The van der Waals surface area contributed by atoms with Crippen LogP contribution in [0.1, 0.15) is 45.0 Å². The number of rotatable bonds is 9. The molecule has 5 aliphatic carbocycles. The fraction of sp³-hybridized carbons (Fsp3) is 0.0550. The molecular weight excluding hydrogens is 1440 g/mol. The lowest BCUT2D eigenvalue weighted by Crippen LogP contribution is -2.27. The van der Waals surface area contributed by atoms with Crippen LogP contribution in [0.4, 0.5) is 5.69 Å². The highest BCUT2D eigenvalue weighted by Gasteiger charge is 2.88. The van der Waals surface area contributed by atoms with Crippen molar-refractivity contribution in [2.45, 2.75) is 10.8 Å². The first-order valence-electron chi connectivity index (χ1n) is 41.7. The van der Waals surface area contributed by atoms with Gasteiger partial charge in [0.25, 0.3) is 0 Å². The number of ether oxygens (including phenoxy) is 3. The van der Waals surface area contributed by atoms with Gasteiger partial charge in [-0.05, 0) is 432 Å². The van der Waals surface area contributed by atoms with Crippen molar-refractivity contribution in [1.29, 1.82) is 0 Å². The first kappa shape index (κ1) is 52.3. The molecule has 2 aliphatic heterocycles. The highest BCUT2D eigenvalue weighted by Crippen LogP contribution is 2.93. The summed E-state index contributed by atoms with van der Waals surface area (Å²) >= 11 is 0. The first-order chi connectivity index (χ1) is 58.5. The van der Waals surface area contributed by atoms with E-state index in [1.165, 1.54) is 108 Å². The standard InChI is InChI=1S/C109H37N5O4/c1-116-33-14-6-29(7-15-33)45-38-22-20-36(111-38)44(37-21-23-39(112-37)46(30-8-16-34(117-2)17-9-30)41-25-27-43(114-41)47(42-26-24-40(45)113-42)31-10-18-35(118-3)19-11-31)28-4-12-32(13-5-28)110-107(115)106-108-102-94-86-76-66-58-50-48-49-52-56-54(50)62-70-64(56)74-68-60(52)61-53(49)57-55-51(48)59(58)67-73-63(55)71-65(57)75-69(61)79-78(68)88-82(74)92-84(70)90(80(86)72(62)66)98(102)100(92)104-96(88)97-89(79)83(75)93-85(71)91-81(73)87(77(67)76)95(94)103(108)99(91)101(93)105(97)109(104,106)108/h4-27,106,111,114H,1-3H3,(H,110,115). The van der Waals surface area contributed by atoms with Crippen molar-refractivity contribution >= 4 is 349 Å². The van der Waals surface area contributed by atoms with Gasteiger partial charge in [0.2, 0.25) is 5.91 Å². The van der Waals surface area contributed by atoms with Crippen molar-refractivity contribution in [2.24, 2.45) is 5.92 Å². The molecule has 1 saturated carbocycles. The number of carbonyl (C=O) groups excluding carboxylic acids is 1. The number of amides is 1. The van der Waals surface area contributed by atoms with E-state index in [0.717, 1.165) is 112 Å². The van der Waals surface area contributed by atoms with Gasteiger partial charge in [-0.1, -0.05) is 48.5 Å². The van der Waals surface area contributed by atoms with Crippen molar-refractivity contribution < 1.29 is 19.0 Å². The second-order valence-corrected chi connectivity index (χ2v) is 37.6. The summed E-state index contributed by atoms with van der Waals surface area (Å²) in [6.45, 7) is 0. The molecule has 1 fully saturated rings. The molecule has 0 saturated heterocycles. The van der Waals surface area contributed by atoms with Crippen LogP contribution >= 0.6 is 0 Å². The molecule has 118 heavy (non-hydrogen) atoms. The molecule has 32 aromatic carbocycles. The molecule has 1 amide bonds. The van der Waals surface area contributed by atoms with Gasteiger partial charge in [0.1, 0.15) is 17.2 Å². The Bertz CT molecular complexity index is 10400. The van der Waals surface area contributed by atoms with E-state index in [-0.39, 0.29) is 5.91 Å². The highest BCUT2D eigenvalue weighted by atomic mass is 16.5. The minimum absolute atomic E-state index is 0.130. The Morgan fingerprint density at radius 1 is 0.254 bits per heavy atom. The lowest BCUT2D eigenvalue weighted by Gasteiger charge is -2.32. The van der Waals surface area contributed by atoms with Crippen LogP contribution in [-0.2, 0) is 15.6 Å². The SMILES string of the molecule is COc1ccc(-c2c3nc(c(-c4ccc(OC)cc4)c4ccc([nH]4)c(-c4ccc(OC)cc4)c4nc(c(-c5ccc(NC(=O)C6C78c9c%10c%11c%12c%13c%14c(c%15c%16c7c7c9c9c%17c%10c%10c%11c%11c%13c%13c%18c%14c%14c%15c%15c%16c%16c7c7c9c9c%17c%17c%10c%10c%11c%13c%11c%13c%18c%14c%14c%15c%15c%16c7c7c9c9c%17c%10c%11c%10c%13c%14c%15c7c9%10)C%1268)cc5)c5ccc2[nH]5)C=C4)C=C3)cc1. The molecule has 0 atom stereocenters. The van der Waals surface area contributed by atoms with E-state index >= 15 is 4.79 Å². The number of carbonyl (C=O) groups is 1. The van der Waals surface area contributed by atoms with E-state index in [4.69, 9.17) is 24.2 Å². The molecule has 522 valence electrons.